The molecule has 3 aromatic rings. The number of nitrogens with zero attached hydrogens (tertiary/aromatic N) is 4. The standard InChI is InChI=1S/C22H21N5O2/c1-14-7-8-15(11-23-14)20(28)27-10-9-22(19(27)16-12-24-26(2)13-16)17-5-3-4-6-18(17)25-21(22)29/h3-8,11-13,19H,9-10H2,1-2H3,(H,25,29)/t19-,22+/m0/s1. The van der Waals surface area contributed by atoms with Gasteiger partial charge in [0, 0.05) is 42.9 Å². The lowest BCUT2D eigenvalue weighted by Crippen LogP contribution is -2.42. The average molecular weight is 387 g/mol. The summed E-state index contributed by atoms with van der Waals surface area (Å²) in [5.41, 5.74) is 3.16. The van der Waals surface area contributed by atoms with E-state index < -0.39 is 11.5 Å². The minimum absolute atomic E-state index is 0.0649. The van der Waals surface area contributed by atoms with E-state index in [1.165, 1.54) is 0 Å². The molecule has 2 aliphatic rings. The highest BCUT2D eigenvalue weighted by molar-refractivity contribution is 6.08. The lowest BCUT2D eigenvalue weighted by atomic mass is 9.73. The molecule has 0 radical (unpaired) electrons. The van der Waals surface area contributed by atoms with Crippen molar-refractivity contribution in [2.75, 3.05) is 11.9 Å². The molecule has 1 spiro atoms. The molecule has 2 amide bonds. The van der Waals surface area contributed by atoms with Crippen molar-refractivity contribution in [1.29, 1.82) is 0 Å². The third-order valence-corrected chi connectivity index (χ3v) is 6.05. The van der Waals surface area contributed by atoms with E-state index in [1.54, 1.807) is 28.0 Å². The van der Waals surface area contributed by atoms with Crippen molar-refractivity contribution in [3.8, 4) is 0 Å². The number of pyridine rings is 1. The maximum atomic E-state index is 13.4. The smallest absolute Gasteiger partial charge is 0.255 e. The lowest BCUT2D eigenvalue weighted by molar-refractivity contribution is -0.121. The summed E-state index contributed by atoms with van der Waals surface area (Å²) >= 11 is 0. The van der Waals surface area contributed by atoms with Gasteiger partial charge in [0.2, 0.25) is 5.91 Å². The van der Waals surface area contributed by atoms with Gasteiger partial charge in [0.1, 0.15) is 5.41 Å². The molecular formula is C22H21N5O2. The molecule has 2 atom stereocenters. The number of amides is 2. The van der Waals surface area contributed by atoms with Crippen molar-refractivity contribution in [1.82, 2.24) is 19.7 Å². The average Bonchev–Trinajstić information content (AvgIpc) is 3.39. The van der Waals surface area contributed by atoms with Crippen molar-refractivity contribution in [3.63, 3.8) is 0 Å². The maximum Gasteiger partial charge on any atom is 0.255 e. The van der Waals surface area contributed by atoms with Crippen LogP contribution < -0.4 is 5.32 Å². The van der Waals surface area contributed by atoms with Crippen LogP contribution in [-0.2, 0) is 17.3 Å². The van der Waals surface area contributed by atoms with Crippen LogP contribution in [-0.4, -0.2) is 38.0 Å². The number of aromatic nitrogens is 3. The highest BCUT2D eigenvalue weighted by Gasteiger charge is 2.59. The van der Waals surface area contributed by atoms with Crippen molar-refractivity contribution in [3.05, 3.63) is 77.4 Å². The zero-order valence-electron chi connectivity index (χ0n) is 16.3. The Hall–Kier alpha value is -3.48. The minimum atomic E-state index is -0.826. The van der Waals surface area contributed by atoms with Gasteiger partial charge in [-0.05, 0) is 37.1 Å². The van der Waals surface area contributed by atoms with Gasteiger partial charge in [-0.1, -0.05) is 18.2 Å². The van der Waals surface area contributed by atoms with E-state index in [1.807, 2.05) is 50.5 Å². The number of aryl methyl sites for hydroxylation is 2. The van der Waals surface area contributed by atoms with Crippen LogP contribution in [0, 0.1) is 6.92 Å². The third-order valence-electron chi connectivity index (χ3n) is 6.05. The number of anilines is 1. The highest BCUT2D eigenvalue weighted by Crippen LogP contribution is 2.54. The topological polar surface area (TPSA) is 80.1 Å². The molecule has 0 saturated carbocycles. The Bertz CT molecular complexity index is 1120. The van der Waals surface area contributed by atoms with Crippen molar-refractivity contribution in [2.24, 2.45) is 7.05 Å². The van der Waals surface area contributed by atoms with Crippen LogP contribution in [0.2, 0.25) is 0 Å². The van der Waals surface area contributed by atoms with Gasteiger partial charge in [0.25, 0.3) is 5.91 Å². The van der Waals surface area contributed by atoms with Crippen LogP contribution >= 0.6 is 0 Å². The van der Waals surface area contributed by atoms with Crippen LogP contribution in [0.25, 0.3) is 0 Å². The van der Waals surface area contributed by atoms with Crippen LogP contribution in [0.3, 0.4) is 0 Å². The first kappa shape index (κ1) is 17.6. The Morgan fingerprint density at radius 3 is 2.76 bits per heavy atom. The number of likely N-dealkylation sites (tertiary alicyclic amines) is 1. The monoisotopic (exact) mass is 387 g/mol. The molecule has 146 valence electrons. The summed E-state index contributed by atoms with van der Waals surface area (Å²) in [5, 5.41) is 7.34. The number of carbonyl (C=O) groups is 2. The Kier molecular flexibility index (Phi) is 3.81. The second-order valence-corrected chi connectivity index (χ2v) is 7.76. The molecule has 1 N–H and O–H groups in total. The number of nitrogens with one attached hydrogen (secondary N) is 1. The second-order valence-electron chi connectivity index (χ2n) is 7.76. The first-order valence-corrected chi connectivity index (χ1v) is 9.64. The van der Waals surface area contributed by atoms with E-state index in [0.29, 0.717) is 18.5 Å². The van der Waals surface area contributed by atoms with Crippen LogP contribution in [0.15, 0.2) is 55.0 Å². The van der Waals surface area contributed by atoms with Crippen molar-refractivity contribution >= 4 is 17.5 Å². The second kappa shape index (κ2) is 6.27. The van der Waals surface area contributed by atoms with Crippen LogP contribution in [0.4, 0.5) is 5.69 Å². The van der Waals surface area contributed by atoms with Crippen LogP contribution in [0.5, 0.6) is 0 Å². The predicted molar refractivity (Wildman–Crippen MR) is 107 cm³/mol. The number of fused-ring (bicyclic) bond motifs is 2. The van der Waals surface area contributed by atoms with Crippen molar-refractivity contribution in [2.45, 2.75) is 24.8 Å². The largest absolute Gasteiger partial charge is 0.330 e. The first-order chi connectivity index (χ1) is 14.0. The van der Waals surface area contributed by atoms with Gasteiger partial charge < -0.3 is 10.2 Å². The summed E-state index contributed by atoms with van der Waals surface area (Å²) in [5.74, 6) is -0.190. The summed E-state index contributed by atoms with van der Waals surface area (Å²) in [7, 11) is 1.84. The fraction of sp³-hybridized carbons (Fsp3) is 0.273. The number of benzene rings is 1. The molecule has 0 bridgehead atoms. The predicted octanol–water partition coefficient (Wildman–Crippen LogP) is 2.60. The van der Waals surface area contributed by atoms with E-state index in [9.17, 15) is 9.59 Å². The first-order valence-electron chi connectivity index (χ1n) is 9.64. The number of para-hydroxylation sites is 1. The zero-order valence-corrected chi connectivity index (χ0v) is 16.3. The van der Waals surface area contributed by atoms with Crippen molar-refractivity contribution < 1.29 is 9.59 Å². The maximum absolute atomic E-state index is 13.4. The Morgan fingerprint density at radius 1 is 1.21 bits per heavy atom. The molecule has 1 aromatic carbocycles. The molecule has 0 aliphatic carbocycles. The van der Waals surface area contributed by atoms with E-state index in [-0.39, 0.29) is 11.8 Å². The molecule has 5 rings (SSSR count). The number of carbonyl (C=O) groups excluding carboxylic acids is 2. The molecule has 7 nitrogen and oxygen atoms in total. The normalized spacial score (nSPS) is 22.8. The summed E-state index contributed by atoms with van der Waals surface area (Å²) in [6, 6.07) is 10.9. The summed E-state index contributed by atoms with van der Waals surface area (Å²) in [6.45, 7) is 2.37. The molecule has 1 fully saturated rings. The van der Waals surface area contributed by atoms with E-state index in [0.717, 1.165) is 22.5 Å². The summed E-state index contributed by atoms with van der Waals surface area (Å²) in [4.78, 5) is 32.8. The SMILES string of the molecule is Cc1ccc(C(=O)N2CC[C@]3(C(=O)Nc4ccccc43)[C@@H]2c2cnn(C)c2)cn1. The van der Waals surface area contributed by atoms with Gasteiger partial charge in [-0.2, -0.15) is 5.10 Å². The van der Waals surface area contributed by atoms with E-state index >= 15 is 0 Å². The zero-order chi connectivity index (χ0) is 20.2. The quantitative estimate of drug-likeness (QED) is 0.733. The Labute approximate surface area is 168 Å². The van der Waals surface area contributed by atoms with Gasteiger partial charge in [0.15, 0.2) is 0 Å². The number of hydrogen-bond acceptors (Lipinski definition) is 4. The third kappa shape index (κ3) is 2.50. The van der Waals surface area contributed by atoms with Crippen LogP contribution in [0.1, 0.15) is 39.6 Å². The lowest BCUT2D eigenvalue weighted by Gasteiger charge is -2.33. The molecule has 29 heavy (non-hydrogen) atoms. The fourth-order valence-electron chi connectivity index (χ4n) is 4.71. The minimum Gasteiger partial charge on any atom is -0.330 e. The van der Waals surface area contributed by atoms with Gasteiger partial charge >= 0.3 is 0 Å². The van der Waals surface area contributed by atoms with E-state index in [2.05, 4.69) is 15.4 Å². The van der Waals surface area contributed by atoms with Gasteiger partial charge in [0.05, 0.1) is 17.8 Å². The number of hydrogen-bond donors (Lipinski definition) is 1. The Balaban J connectivity index is 1.65. The van der Waals surface area contributed by atoms with Gasteiger partial charge in [-0.25, -0.2) is 0 Å². The highest BCUT2D eigenvalue weighted by atomic mass is 16.2. The summed E-state index contributed by atoms with van der Waals surface area (Å²) in [6.07, 6.45) is 5.80. The summed E-state index contributed by atoms with van der Waals surface area (Å²) < 4.78 is 1.70. The molecule has 1 saturated heterocycles. The number of rotatable bonds is 2. The Morgan fingerprint density at radius 2 is 2.03 bits per heavy atom. The van der Waals surface area contributed by atoms with Gasteiger partial charge in [-0.3, -0.25) is 19.3 Å². The molecule has 4 heterocycles. The molecular weight excluding hydrogens is 366 g/mol. The van der Waals surface area contributed by atoms with E-state index in [4.69, 9.17) is 0 Å². The molecule has 0 unspecified atom stereocenters. The van der Waals surface area contributed by atoms with Gasteiger partial charge in [-0.15, -0.1) is 0 Å². The molecule has 2 aliphatic heterocycles. The fourth-order valence-corrected chi connectivity index (χ4v) is 4.71. The molecule has 7 heteroatoms. The molecule has 2 aromatic heterocycles.